The third-order valence-electron chi connectivity index (χ3n) is 4.88. The molecular weight excluding hydrogens is 410 g/mol. The standard InChI is InChI=1S/C21H22ClN3O3S/c1-27-17-4-2-3-15(13-17)20(26)25(8-7-24-9-11-28-12-10-24)21-23-18-6-5-16(22)14-19(18)29-21/h2-6,13-14H,7-12H2,1H3. The fourth-order valence-corrected chi connectivity index (χ4v) is 4.53. The van der Waals surface area contributed by atoms with Gasteiger partial charge in [0.1, 0.15) is 5.75 Å². The van der Waals surface area contributed by atoms with Crippen LogP contribution in [0, 0.1) is 0 Å². The second kappa shape index (κ2) is 9.09. The van der Waals surface area contributed by atoms with Gasteiger partial charge in [-0.05, 0) is 36.4 Å². The van der Waals surface area contributed by atoms with Crippen LogP contribution in [0.2, 0.25) is 5.02 Å². The molecule has 1 saturated heterocycles. The van der Waals surface area contributed by atoms with Crippen molar-refractivity contribution in [1.29, 1.82) is 0 Å². The van der Waals surface area contributed by atoms with Gasteiger partial charge >= 0.3 is 0 Å². The Morgan fingerprint density at radius 2 is 2.10 bits per heavy atom. The molecule has 152 valence electrons. The van der Waals surface area contributed by atoms with Crippen molar-refractivity contribution in [2.45, 2.75) is 0 Å². The summed E-state index contributed by atoms with van der Waals surface area (Å²) in [5, 5.41) is 1.33. The zero-order valence-corrected chi connectivity index (χ0v) is 17.7. The number of aromatic nitrogens is 1. The highest BCUT2D eigenvalue weighted by molar-refractivity contribution is 7.22. The summed E-state index contributed by atoms with van der Waals surface area (Å²) in [5.74, 6) is 0.558. The number of nitrogens with zero attached hydrogens (tertiary/aromatic N) is 3. The Labute approximate surface area is 178 Å². The highest BCUT2D eigenvalue weighted by Crippen LogP contribution is 2.31. The lowest BCUT2D eigenvalue weighted by Crippen LogP contribution is -2.43. The number of amides is 1. The molecule has 2 heterocycles. The van der Waals surface area contributed by atoms with Crippen LogP contribution >= 0.6 is 22.9 Å². The molecule has 0 N–H and O–H groups in total. The van der Waals surface area contributed by atoms with Crippen LogP contribution in [0.4, 0.5) is 5.13 Å². The number of anilines is 1. The van der Waals surface area contributed by atoms with Crippen LogP contribution in [0.3, 0.4) is 0 Å². The van der Waals surface area contributed by atoms with Crippen LogP contribution in [0.1, 0.15) is 10.4 Å². The van der Waals surface area contributed by atoms with Crippen LogP contribution in [0.25, 0.3) is 10.2 Å². The molecule has 1 aliphatic rings. The van der Waals surface area contributed by atoms with Crippen LogP contribution < -0.4 is 9.64 Å². The van der Waals surface area contributed by atoms with Crippen LogP contribution in [-0.4, -0.2) is 62.3 Å². The summed E-state index contributed by atoms with van der Waals surface area (Å²) < 4.78 is 11.7. The van der Waals surface area contributed by atoms with E-state index in [4.69, 9.17) is 26.1 Å². The first-order chi connectivity index (χ1) is 14.1. The van der Waals surface area contributed by atoms with Gasteiger partial charge in [-0.15, -0.1) is 0 Å². The Morgan fingerprint density at radius 3 is 2.90 bits per heavy atom. The molecule has 0 bridgehead atoms. The number of ether oxygens (including phenoxy) is 2. The minimum absolute atomic E-state index is 0.0951. The van der Waals surface area contributed by atoms with E-state index in [0.29, 0.717) is 28.0 Å². The van der Waals surface area contributed by atoms with Gasteiger partial charge in [-0.2, -0.15) is 0 Å². The molecule has 1 aromatic heterocycles. The monoisotopic (exact) mass is 431 g/mol. The maximum atomic E-state index is 13.4. The zero-order chi connectivity index (χ0) is 20.2. The molecule has 0 spiro atoms. The Morgan fingerprint density at radius 1 is 1.28 bits per heavy atom. The van der Waals surface area contributed by atoms with Crippen molar-refractivity contribution in [2.75, 3.05) is 51.4 Å². The molecule has 0 atom stereocenters. The predicted molar refractivity (Wildman–Crippen MR) is 117 cm³/mol. The van der Waals surface area contributed by atoms with Gasteiger partial charge in [0.05, 0.1) is 30.5 Å². The summed E-state index contributed by atoms with van der Waals surface area (Å²) in [5.41, 5.74) is 1.41. The first-order valence-electron chi connectivity index (χ1n) is 9.46. The normalized spacial score (nSPS) is 14.8. The van der Waals surface area contributed by atoms with E-state index in [1.807, 2.05) is 30.3 Å². The number of carbonyl (C=O) groups excluding carboxylic acids is 1. The van der Waals surface area contributed by atoms with Gasteiger partial charge in [-0.3, -0.25) is 14.6 Å². The van der Waals surface area contributed by atoms with Gasteiger partial charge in [-0.1, -0.05) is 29.0 Å². The van der Waals surface area contributed by atoms with Crippen molar-refractivity contribution in [2.24, 2.45) is 0 Å². The van der Waals surface area contributed by atoms with E-state index in [9.17, 15) is 4.79 Å². The average molecular weight is 432 g/mol. The SMILES string of the molecule is COc1cccc(C(=O)N(CCN2CCOCC2)c2nc3ccc(Cl)cc3s2)c1. The van der Waals surface area contributed by atoms with Gasteiger partial charge in [0.2, 0.25) is 0 Å². The fourth-order valence-electron chi connectivity index (χ4n) is 3.26. The largest absolute Gasteiger partial charge is 0.497 e. The molecule has 3 aromatic rings. The van der Waals surface area contributed by atoms with Crippen LogP contribution in [0.5, 0.6) is 5.75 Å². The van der Waals surface area contributed by atoms with E-state index in [-0.39, 0.29) is 5.91 Å². The molecule has 0 saturated carbocycles. The lowest BCUT2D eigenvalue weighted by Gasteiger charge is -2.29. The molecule has 2 aromatic carbocycles. The Kier molecular flexibility index (Phi) is 6.30. The highest BCUT2D eigenvalue weighted by atomic mass is 35.5. The number of fused-ring (bicyclic) bond motifs is 1. The molecule has 6 nitrogen and oxygen atoms in total. The summed E-state index contributed by atoms with van der Waals surface area (Å²) >= 11 is 7.60. The smallest absolute Gasteiger partial charge is 0.260 e. The molecule has 1 aliphatic heterocycles. The molecule has 0 aliphatic carbocycles. The maximum Gasteiger partial charge on any atom is 0.260 e. The van der Waals surface area contributed by atoms with Crippen molar-refractivity contribution in [3.8, 4) is 5.75 Å². The summed E-state index contributed by atoms with van der Waals surface area (Å²) in [7, 11) is 1.59. The lowest BCUT2D eigenvalue weighted by atomic mass is 10.2. The van der Waals surface area contributed by atoms with E-state index in [2.05, 4.69) is 4.90 Å². The fraction of sp³-hybridized carbons (Fsp3) is 0.333. The third kappa shape index (κ3) is 4.70. The molecule has 0 unspecified atom stereocenters. The molecule has 29 heavy (non-hydrogen) atoms. The lowest BCUT2D eigenvalue weighted by molar-refractivity contribution is 0.0391. The number of thiazole rings is 1. The van der Waals surface area contributed by atoms with E-state index < -0.39 is 0 Å². The first kappa shape index (κ1) is 20.1. The van der Waals surface area contributed by atoms with Crippen molar-refractivity contribution >= 4 is 44.2 Å². The number of carbonyl (C=O) groups is 1. The molecule has 1 amide bonds. The third-order valence-corrected chi connectivity index (χ3v) is 6.15. The number of morpholine rings is 1. The Balaban J connectivity index is 1.64. The maximum absolute atomic E-state index is 13.4. The molecule has 1 fully saturated rings. The number of hydrogen-bond donors (Lipinski definition) is 0. The highest BCUT2D eigenvalue weighted by Gasteiger charge is 2.23. The molecule has 0 radical (unpaired) electrons. The number of hydrogen-bond acceptors (Lipinski definition) is 6. The van der Waals surface area contributed by atoms with Crippen LogP contribution in [-0.2, 0) is 4.74 Å². The second-order valence-corrected chi connectivity index (χ2v) is 8.20. The van der Waals surface area contributed by atoms with E-state index >= 15 is 0 Å². The summed E-state index contributed by atoms with van der Waals surface area (Å²) in [6.45, 7) is 4.50. The average Bonchev–Trinajstić information content (AvgIpc) is 3.17. The predicted octanol–water partition coefficient (Wildman–Crippen LogP) is 3.94. The Hall–Kier alpha value is -2.19. The topological polar surface area (TPSA) is 54.9 Å². The van der Waals surface area contributed by atoms with Gasteiger partial charge < -0.3 is 9.47 Å². The number of methoxy groups -OCH3 is 1. The molecular formula is C21H22ClN3O3S. The number of rotatable bonds is 6. The van der Waals surface area contributed by atoms with Crippen LogP contribution in [0.15, 0.2) is 42.5 Å². The van der Waals surface area contributed by atoms with Gasteiger partial charge in [-0.25, -0.2) is 4.98 Å². The zero-order valence-electron chi connectivity index (χ0n) is 16.1. The Bertz CT molecular complexity index is 1000. The first-order valence-corrected chi connectivity index (χ1v) is 10.7. The van der Waals surface area contributed by atoms with E-state index in [1.54, 1.807) is 24.1 Å². The molecule has 8 heteroatoms. The number of halogens is 1. The van der Waals surface area contributed by atoms with Crippen molar-refractivity contribution in [3.05, 3.63) is 53.1 Å². The van der Waals surface area contributed by atoms with Gasteiger partial charge in [0, 0.05) is 36.8 Å². The minimum Gasteiger partial charge on any atom is -0.497 e. The van der Waals surface area contributed by atoms with Crippen molar-refractivity contribution in [3.63, 3.8) is 0 Å². The second-order valence-electron chi connectivity index (χ2n) is 6.75. The molecule has 4 rings (SSSR count). The number of benzene rings is 2. The quantitative estimate of drug-likeness (QED) is 0.591. The van der Waals surface area contributed by atoms with Crippen molar-refractivity contribution in [1.82, 2.24) is 9.88 Å². The van der Waals surface area contributed by atoms with E-state index in [1.165, 1.54) is 11.3 Å². The summed E-state index contributed by atoms with van der Waals surface area (Å²) in [4.78, 5) is 22.2. The summed E-state index contributed by atoms with van der Waals surface area (Å²) in [6, 6.07) is 12.8. The van der Waals surface area contributed by atoms with Crippen molar-refractivity contribution < 1.29 is 14.3 Å². The summed E-state index contributed by atoms with van der Waals surface area (Å²) in [6.07, 6.45) is 0. The van der Waals surface area contributed by atoms with Gasteiger partial charge in [0.25, 0.3) is 5.91 Å². The van der Waals surface area contributed by atoms with Gasteiger partial charge in [0.15, 0.2) is 5.13 Å². The minimum atomic E-state index is -0.0951. The van der Waals surface area contributed by atoms with E-state index in [0.717, 1.165) is 43.1 Å².